The first-order valence-corrected chi connectivity index (χ1v) is 11.4. The number of aromatic nitrogens is 3. The molecule has 9 nitrogen and oxygen atoms in total. The smallest absolute Gasteiger partial charge is 0.328 e. The standard InChI is InChI=1S/C12H19N.C8H12N4O4S/c1-8(2)11-6-10(5)13-12(7-11)9(3)4;1-9-8(13)11-17(14,15)6-5-10-12-3-2-4-16-7(6)12/h6-9H,1-5H3;5H,2-4H2,1H3,(H2,9,11,13). The highest BCUT2D eigenvalue weighted by molar-refractivity contribution is 7.90. The molecule has 0 fully saturated rings. The molecule has 2 N–H and O–H groups in total. The number of carbonyl (C=O) groups excluding carboxylic acids is 1. The summed E-state index contributed by atoms with van der Waals surface area (Å²) >= 11 is 0. The molecule has 0 unspecified atom stereocenters. The van der Waals surface area contributed by atoms with Gasteiger partial charge in [-0.15, -0.1) is 0 Å². The minimum Gasteiger partial charge on any atom is -0.477 e. The molecule has 3 heterocycles. The first-order chi connectivity index (χ1) is 14.0. The Labute approximate surface area is 178 Å². The molecule has 0 spiro atoms. The molecule has 0 radical (unpaired) electrons. The third-order valence-corrected chi connectivity index (χ3v) is 5.82. The molecule has 2 aromatic rings. The number of fused-ring (bicyclic) bond motifs is 1. The Morgan fingerprint density at radius 2 is 1.90 bits per heavy atom. The van der Waals surface area contributed by atoms with Crippen molar-refractivity contribution in [2.24, 2.45) is 0 Å². The summed E-state index contributed by atoms with van der Waals surface area (Å²) in [5, 5.41) is 6.06. The molecule has 0 aliphatic carbocycles. The lowest BCUT2D eigenvalue weighted by Gasteiger charge is -2.16. The lowest BCUT2D eigenvalue weighted by molar-refractivity contribution is 0.224. The van der Waals surface area contributed by atoms with Gasteiger partial charge in [-0.05, 0) is 36.5 Å². The topological polar surface area (TPSA) is 115 Å². The van der Waals surface area contributed by atoms with Crippen molar-refractivity contribution < 1.29 is 17.9 Å². The van der Waals surface area contributed by atoms with Crippen LogP contribution in [0.1, 0.15) is 62.9 Å². The zero-order valence-electron chi connectivity index (χ0n) is 18.4. The van der Waals surface area contributed by atoms with Gasteiger partial charge in [0.1, 0.15) is 0 Å². The predicted octanol–water partition coefficient (Wildman–Crippen LogP) is 2.92. The van der Waals surface area contributed by atoms with Crippen molar-refractivity contribution in [3.63, 3.8) is 0 Å². The number of ether oxygens (including phenoxy) is 1. The molecule has 0 aromatic carbocycles. The number of nitrogens with zero attached hydrogens (tertiary/aromatic N) is 3. The van der Waals surface area contributed by atoms with E-state index < -0.39 is 16.1 Å². The van der Waals surface area contributed by atoms with Crippen molar-refractivity contribution >= 4 is 16.1 Å². The van der Waals surface area contributed by atoms with Crippen molar-refractivity contribution in [1.29, 1.82) is 0 Å². The maximum absolute atomic E-state index is 11.8. The van der Waals surface area contributed by atoms with E-state index in [0.29, 0.717) is 25.0 Å². The highest BCUT2D eigenvalue weighted by Crippen LogP contribution is 2.26. The van der Waals surface area contributed by atoms with Crippen molar-refractivity contribution in [1.82, 2.24) is 24.8 Å². The van der Waals surface area contributed by atoms with Crippen LogP contribution in [0.4, 0.5) is 4.79 Å². The van der Waals surface area contributed by atoms with Gasteiger partial charge in [0.15, 0.2) is 4.90 Å². The fraction of sp³-hybridized carbons (Fsp3) is 0.550. The predicted molar refractivity (Wildman–Crippen MR) is 114 cm³/mol. The molecule has 1 aliphatic rings. The zero-order valence-corrected chi connectivity index (χ0v) is 19.2. The lowest BCUT2D eigenvalue weighted by Crippen LogP contribution is -2.37. The van der Waals surface area contributed by atoms with E-state index in [0.717, 1.165) is 12.1 Å². The van der Waals surface area contributed by atoms with Crippen LogP contribution in [0.25, 0.3) is 0 Å². The van der Waals surface area contributed by atoms with E-state index in [-0.39, 0.29) is 10.8 Å². The second-order valence-electron chi connectivity index (χ2n) is 7.70. The second kappa shape index (κ2) is 9.92. The largest absolute Gasteiger partial charge is 0.477 e. The SMILES string of the molecule is CNC(=O)NS(=O)(=O)c1cnn2c1OCCC2.Cc1cc(C(C)C)cc(C(C)C)n1. The van der Waals surface area contributed by atoms with Gasteiger partial charge in [-0.25, -0.2) is 22.6 Å². The van der Waals surface area contributed by atoms with Crippen LogP contribution in [-0.2, 0) is 16.6 Å². The summed E-state index contributed by atoms with van der Waals surface area (Å²) in [6.07, 6.45) is 1.95. The van der Waals surface area contributed by atoms with E-state index in [1.807, 2.05) is 4.72 Å². The van der Waals surface area contributed by atoms with E-state index in [4.69, 9.17) is 4.74 Å². The van der Waals surface area contributed by atoms with Crippen molar-refractivity contribution in [3.05, 3.63) is 35.3 Å². The van der Waals surface area contributed by atoms with Crippen molar-refractivity contribution in [2.45, 2.75) is 64.3 Å². The Bertz CT molecular complexity index is 957. The lowest BCUT2D eigenvalue weighted by atomic mass is 9.99. The second-order valence-corrected chi connectivity index (χ2v) is 9.35. The molecule has 2 amide bonds. The average Bonchev–Trinajstić information content (AvgIpc) is 3.12. The maximum atomic E-state index is 11.8. The van der Waals surface area contributed by atoms with E-state index in [2.05, 4.69) is 62.2 Å². The van der Waals surface area contributed by atoms with Crippen LogP contribution in [-0.4, -0.2) is 42.9 Å². The first-order valence-electron chi connectivity index (χ1n) is 9.96. The van der Waals surface area contributed by atoms with Crippen LogP contribution in [0.5, 0.6) is 5.88 Å². The van der Waals surface area contributed by atoms with Gasteiger partial charge in [-0.2, -0.15) is 5.10 Å². The van der Waals surface area contributed by atoms with Gasteiger partial charge < -0.3 is 10.1 Å². The number of pyridine rings is 1. The number of hydrogen-bond donors (Lipinski definition) is 2. The molecule has 30 heavy (non-hydrogen) atoms. The Hall–Kier alpha value is -2.62. The number of sulfonamides is 1. The number of amides is 2. The van der Waals surface area contributed by atoms with Crippen LogP contribution in [0.2, 0.25) is 0 Å². The van der Waals surface area contributed by atoms with E-state index in [1.165, 1.54) is 29.2 Å². The number of rotatable bonds is 4. The van der Waals surface area contributed by atoms with Gasteiger partial charge >= 0.3 is 6.03 Å². The van der Waals surface area contributed by atoms with Gasteiger partial charge in [0.05, 0.1) is 12.8 Å². The van der Waals surface area contributed by atoms with Gasteiger partial charge in [-0.3, -0.25) is 4.98 Å². The Balaban J connectivity index is 0.000000222. The van der Waals surface area contributed by atoms with E-state index in [1.54, 1.807) is 0 Å². The minimum atomic E-state index is -3.94. The number of hydrogen-bond acceptors (Lipinski definition) is 6. The van der Waals surface area contributed by atoms with E-state index >= 15 is 0 Å². The van der Waals surface area contributed by atoms with Crippen LogP contribution in [0, 0.1) is 6.92 Å². The zero-order chi connectivity index (χ0) is 22.5. The van der Waals surface area contributed by atoms with Crippen LogP contribution >= 0.6 is 0 Å². The van der Waals surface area contributed by atoms with Crippen LogP contribution < -0.4 is 14.8 Å². The molecule has 166 valence electrons. The van der Waals surface area contributed by atoms with Gasteiger partial charge in [0, 0.05) is 31.4 Å². The number of urea groups is 1. The Kier molecular flexibility index (Phi) is 7.83. The summed E-state index contributed by atoms with van der Waals surface area (Å²) in [6, 6.07) is 3.60. The summed E-state index contributed by atoms with van der Waals surface area (Å²) in [5.41, 5.74) is 3.75. The molecule has 1 aliphatic heterocycles. The highest BCUT2D eigenvalue weighted by Gasteiger charge is 2.27. The summed E-state index contributed by atoms with van der Waals surface area (Å²) in [5.74, 6) is 1.30. The molecule has 0 atom stereocenters. The third kappa shape index (κ3) is 5.94. The maximum Gasteiger partial charge on any atom is 0.328 e. The third-order valence-electron chi connectivity index (χ3n) is 4.51. The normalized spacial score (nSPS) is 13.2. The molecular weight excluding hydrogens is 406 g/mol. The first kappa shape index (κ1) is 23.7. The van der Waals surface area contributed by atoms with Gasteiger partial charge in [0.2, 0.25) is 5.88 Å². The molecule has 0 bridgehead atoms. The van der Waals surface area contributed by atoms with Gasteiger partial charge in [0.25, 0.3) is 10.0 Å². The molecule has 0 saturated heterocycles. The van der Waals surface area contributed by atoms with Crippen molar-refractivity contribution in [3.8, 4) is 5.88 Å². The molecule has 2 aromatic heterocycles. The van der Waals surface area contributed by atoms with Crippen molar-refractivity contribution in [2.75, 3.05) is 13.7 Å². The molecule has 10 heteroatoms. The van der Waals surface area contributed by atoms with Gasteiger partial charge in [-0.1, -0.05) is 27.7 Å². The van der Waals surface area contributed by atoms with Crippen LogP contribution in [0.15, 0.2) is 23.2 Å². The fourth-order valence-electron chi connectivity index (χ4n) is 2.81. The minimum absolute atomic E-state index is 0.124. The monoisotopic (exact) mass is 437 g/mol. The summed E-state index contributed by atoms with van der Waals surface area (Å²) in [7, 11) is -2.61. The molecule has 3 rings (SSSR count). The Morgan fingerprint density at radius 3 is 2.50 bits per heavy atom. The molecule has 0 saturated carbocycles. The number of aryl methyl sites for hydroxylation is 2. The number of carbonyl (C=O) groups is 1. The molecular formula is C20H31N5O4S. The summed E-state index contributed by atoms with van der Waals surface area (Å²) in [6.45, 7) is 11.9. The van der Waals surface area contributed by atoms with E-state index in [9.17, 15) is 13.2 Å². The Morgan fingerprint density at radius 1 is 1.20 bits per heavy atom. The summed E-state index contributed by atoms with van der Waals surface area (Å²) < 4.78 is 32.2. The summed E-state index contributed by atoms with van der Waals surface area (Å²) in [4.78, 5) is 15.4. The highest BCUT2D eigenvalue weighted by atomic mass is 32.2. The number of nitrogens with one attached hydrogen (secondary N) is 2. The quantitative estimate of drug-likeness (QED) is 0.760. The average molecular weight is 438 g/mol. The van der Waals surface area contributed by atoms with Crippen LogP contribution in [0.3, 0.4) is 0 Å². The fourth-order valence-corrected chi connectivity index (χ4v) is 3.84.